The van der Waals surface area contributed by atoms with Crippen molar-refractivity contribution in [3.63, 3.8) is 0 Å². The molecule has 3 rings (SSSR count). The van der Waals surface area contributed by atoms with Crippen LogP contribution in [-0.2, 0) is 16.0 Å². The number of anilines is 2. The number of hydrogen-bond donors (Lipinski definition) is 1. The van der Waals surface area contributed by atoms with Crippen LogP contribution in [-0.4, -0.2) is 21.5 Å². The lowest BCUT2D eigenvalue weighted by Crippen LogP contribution is -2.07. The van der Waals surface area contributed by atoms with Gasteiger partial charge in [-0.2, -0.15) is 0 Å². The first-order chi connectivity index (χ1) is 12.0. The Morgan fingerprint density at radius 3 is 2.72 bits per heavy atom. The summed E-state index contributed by atoms with van der Waals surface area (Å²) in [5.41, 5.74) is 2.52. The minimum absolute atomic E-state index is 0.0352. The smallest absolute Gasteiger partial charge is 0.144 e. The van der Waals surface area contributed by atoms with Gasteiger partial charge in [0.1, 0.15) is 23.7 Å². The number of benzene rings is 2. The molecule has 25 heavy (non-hydrogen) atoms. The van der Waals surface area contributed by atoms with Gasteiger partial charge in [0.25, 0.3) is 0 Å². The van der Waals surface area contributed by atoms with Crippen molar-refractivity contribution in [2.75, 3.05) is 5.32 Å². The molecule has 1 aromatic heterocycles. The number of halogens is 1. The standard InChI is InChI=1S/C19H16BrN3O2/c1-12(24)7-16(25)8-13-5-6-18-17(9-13)19(22-11-21-18)23-15-4-2-3-14(20)10-15/h2-6,9-11H,7-8H2,1H3,(H,21,22,23). The van der Waals surface area contributed by atoms with Crippen LogP contribution in [0.3, 0.4) is 0 Å². The number of carbonyl (C=O) groups excluding carboxylic acids is 2. The Hall–Kier alpha value is -2.60. The van der Waals surface area contributed by atoms with E-state index in [0.717, 1.165) is 26.6 Å². The van der Waals surface area contributed by atoms with Gasteiger partial charge < -0.3 is 5.32 Å². The van der Waals surface area contributed by atoms with E-state index in [1.54, 1.807) is 0 Å². The van der Waals surface area contributed by atoms with Crippen LogP contribution in [0.4, 0.5) is 11.5 Å². The van der Waals surface area contributed by atoms with Gasteiger partial charge in [-0.1, -0.05) is 28.1 Å². The van der Waals surface area contributed by atoms with Gasteiger partial charge in [0.2, 0.25) is 0 Å². The van der Waals surface area contributed by atoms with E-state index in [9.17, 15) is 9.59 Å². The van der Waals surface area contributed by atoms with E-state index in [-0.39, 0.29) is 24.4 Å². The Balaban J connectivity index is 1.92. The van der Waals surface area contributed by atoms with Gasteiger partial charge >= 0.3 is 0 Å². The molecule has 1 N–H and O–H groups in total. The zero-order chi connectivity index (χ0) is 17.8. The van der Waals surface area contributed by atoms with Crippen molar-refractivity contribution in [3.05, 3.63) is 58.8 Å². The van der Waals surface area contributed by atoms with Gasteiger partial charge in [0.15, 0.2) is 0 Å². The van der Waals surface area contributed by atoms with E-state index >= 15 is 0 Å². The molecular weight excluding hydrogens is 382 g/mol. The van der Waals surface area contributed by atoms with Crippen LogP contribution in [0.1, 0.15) is 18.9 Å². The van der Waals surface area contributed by atoms with Crippen molar-refractivity contribution in [1.29, 1.82) is 0 Å². The molecule has 0 bridgehead atoms. The minimum atomic E-state index is -0.119. The molecule has 0 aliphatic heterocycles. The number of ketones is 2. The van der Waals surface area contributed by atoms with Crippen molar-refractivity contribution in [2.45, 2.75) is 19.8 Å². The minimum Gasteiger partial charge on any atom is -0.340 e. The number of Topliss-reactive ketones (excluding diaryl/α,β-unsaturated/α-hetero) is 2. The fourth-order valence-electron chi connectivity index (χ4n) is 2.58. The van der Waals surface area contributed by atoms with E-state index < -0.39 is 0 Å². The highest BCUT2D eigenvalue weighted by atomic mass is 79.9. The van der Waals surface area contributed by atoms with Crippen LogP contribution >= 0.6 is 15.9 Å². The molecule has 5 nitrogen and oxygen atoms in total. The summed E-state index contributed by atoms with van der Waals surface area (Å²) >= 11 is 3.45. The summed E-state index contributed by atoms with van der Waals surface area (Å²) in [6, 6.07) is 13.4. The van der Waals surface area contributed by atoms with Crippen molar-refractivity contribution in [2.24, 2.45) is 0 Å². The second-order valence-corrected chi connectivity index (χ2v) is 6.72. The summed E-state index contributed by atoms with van der Waals surface area (Å²) in [6.45, 7) is 1.42. The molecule has 6 heteroatoms. The van der Waals surface area contributed by atoms with E-state index in [4.69, 9.17) is 0 Å². The SMILES string of the molecule is CC(=O)CC(=O)Cc1ccc2ncnc(Nc3cccc(Br)c3)c2c1. The second-order valence-electron chi connectivity index (χ2n) is 5.80. The van der Waals surface area contributed by atoms with Gasteiger partial charge in [-0.05, 0) is 42.8 Å². The molecule has 0 saturated heterocycles. The fourth-order valence-corrected chi connectivity index (χ4v) is 2.98. The zero-order valence-corrected chi connectivity index (χ0v) is 15.2. The van der Waals surface area contributed by atoms with Crippen LogP contribution < -0.4 is 5.32 Å². The Kier molecular flexibility index (Phi) is 5.19. The molecule has 0 amide bonds. The van der Waals surface area contributed by atoms with E-state index in [2.05, 4.69) is 31.2 Å². The number of hydrogen-bond acceptors (Lipinski definition) is 5. The highest BCUT2D eigenvalue weighted by Crippen LogP contribution is 2.25. The highest BCUT2D eigenvalue weighted by Gasteiger charge is 2.10. The van der Waals surface area contributed by atoms with Gasteiger partial charge in [0, 0.05) is 22.0 Å². The molecule has 0 saturated carbocycles. The largest absolute Gasteiger partial charge is 0.340 e. The Morgan fingerprint density at radius 1 is 1.12 bits per heavy atom. The average Bonchev–Trinajstić information content (AvgIpc) is 2.54. The van der Waals surface area contributed by atoms with E-state index in [1.807, 2.05) is 42.5 Å². The maximum absolute atomic E-state index is 11.9. The predicted molar refractivity (Wildman–Crippen MR) is 101 cm³/mol. The Morgan fingerprint density at radius 2 is 1.96 bits per heavy atom. The van der Waals surface area contributed by atoms with Crippen LogP contribution in [0.15, 0.2) is 53.3 Å². The van der Waals surface area contributed by atoms with Crippen molar-refractivity contribution >= 4 is 49.9 Å². The average molecular weight is 398 g/mol. The molecule has 0 spiro atoms. The topological polar surface area (TPSA) is 72.0 Å². The van der Waals surface area contributed by atoms with Gasteiger partial charge in [0.05, 0.1) is 11.9 Å². The summed E-state index contributed by atoms with van der Waals surface area (Å²) < 4.78 is 0.964. The maximum Gasteiger partial charge on any atom is 0.144 e. The molecule has 3 aromatic rings. The second kappa shape index (κ2) is 7.53. The molecule has 0 atom stereocenters. The lowest BCUT2D eigenvalue weighted by atomic mass is 10.0. The lowest BCUT2D eigenvalue weighted by molar-refractivity contribution is -0.125. The summed E-state index contributed by atoms with van der Waals surface area (Å²) in [5, 5.41) is 4.11. The highest BCUT2D eigenvalue weighted by molar-refractivity contribution is 9.10. The number of nitrogens with zero attached hydrogens (tertiary/aromatic N) is 2. The van der Waals surface area contributed by atoms with Crippen molar-refractivity contribution in [3.8, 4) is 0 Å². The van der Waals surface area contributed by atoms with Gasteiger partial charge in [-0.3, -0.25) is 9.59 Å². The summed E-state index contributed by atoms with van der Waals surface area (Å²) in [7, 11) is 0. The molecule has 1 heterocycles. The third kappa shape index (κ3) is 4.48. The summed E-state index contributed by atoms with van der Waals surface area (Å²) in [4.78, 5) is 31.6. The van der Waals surface area contributed by atoms with Gasteiger partial charge in [-0.15, -0.1) is 0 Å². The quantitative estimate of drug-likeness (QED) is 0.630. The molecule has 0 radical (unpaired) electrons. The van der Waals surface area contributed by atoms with Crippen LogP contribution in [0.2, 0.25) is 0 Å². The third-order valence-corrected chi connectivity index (χ3v) is 4.13. The Labute approximate surface area is 153 Å². The number of rotatable bonds is 6. The first kappa shape index (κ1) is 17.2. The molecule has 0 fully saturated rings. The monoisotopic (exact) mass is 397 g/mol. The van der Waals surface area contributed by atoms with E-state index in [1.165, 1.54) is 13.3 Å². The number of nitrogens with one attached hydrogen (secondary N) is 1. The molecule has 2 aromatic carbocycles. The molecule has 0 unspecified atom stereocenters. The molecule has 0 aliphatic rings. The lowest BCUT2D eigenvalue weighted by Gasteiger charge is -2.10. The fraction of sp³-hybridized carbons (Fsp3) is 0.158. The van der Waals surface area contributed by atoms with Crippen LogP contribution in [0.5, 0.6) is 0 Å². The maximum atomic E-state index is 11.9. The summed E-state index contributed by atoms with van der Waals surface area (Å²) in [6.07, 6.45) is 1.69. The predicted octanol–water partition coefficient (Wildman–Crippen LogP) is 4.23. The van der Waals surface area contributed by atoms with Crippen LogP contribution in [0.25, 0.3) is 10.9 Å². The Bertz CT molecular complexity index is 956. The first-order valence-electron chi connectivity index (χ1n) is 7.78. The molecule has 0 aliphatic carbocycles. The third-order valence-electron chi connectivity index (χ3n) is 3.63. The molecule has 126 valence electrons. The number of aromatic nitrogens is 2. The number of fused-ring (bicyclic) bond motifs is 1. The van der Waals surface area contributed by atoms with Crippen molar-refractivity contribution < 1.29 is 9.59 Å². The normalized spacial score (nSPS) is 10.6. The summed E-state index contributed by atoms with van der Waals surface area (Å²) in [5.74, 6) is 0.459. The van der Waals surface area contributed by atoms with Gasteiger partial charge in [-0.25, -0.2) is 9.97 Å². The zero-order valence-electron chi connectivity index (χ0n) is 13.6. The first-order valence-corrected chi connectivity index (χ1v) is 8.58. The number of carbonyl (C=O) groups is 2. The molecular formula is C19H16BrN3O2. The van der Waals surface area contributed by atoms with E-state index in [0.29, 0.717) is 5.82 Å². The van der Waals surface area contributed by atoms with Crippen molar-refractivity contribution in [1.82, 2.24) is 9.97 Å². The van der Waals surface area contributed by atoms with Crippen LogP contribution in [0, 0.1) is 0 Å².